The number of benzene rings is 1. The van der Waals surface area contributed by atoms with E-state index in [-0.39, 0.29) is 30.0 Å². The zero-order valence-electron chi connectivity index (χ0n) is 17.2. The summed E-state index contributed by atoms with van der Waals surface area (Å²) < 4.78 is 57.3. The fourth-order valence-electron chi connectivity index (χ4n) is 3.18. The molecule has 2 rings (SSSR count). The van der Waals surface area contributed by atoms with Crippen molar-refractivity contribution in [2.24, 2.45) is 27.9 Å². The molecule has 0 spiro atoms. The van der Waals surface area contributed by atoms with Gasteiger partial charge in [-0.15, -0.1) is 0 Å². The summed E-state index contributed by atoms with van der Waals surface area (Å²) in [6, 6.07) is 7.84. The maximum absolute atomic E-state index is 13.5. The van der Waals surface area contributed by atoms with Crippen molar-refractivity contribution in [1.29, 1.82) is 0 Å². The molecule has 30 heavy (non-hydrogen) atoms. The molecule has 1 aliphatic rings. The van der Waals surface area contributed by atoms with Crippen LogP contribution in [0, 0.1) is 17.8 Å². The molecule has 0 radical (unpaired) electrons. The number of hydrogen-bond donors (Lipinski definition) is 0. The van der Waals surface area contributed by atoms with E-state index >= 15 is 0 Å². The van der Waals surface area contributed by atoms with E-state index in [2.05, 4.69) is 15.0 Å². The third kappa shape index (κ3) is 6.90. The zero-order valence-corrected chi connectivity index (χ0v) is 17.2. The van der Waals surface area contributed by atoms with Crippen molar-refractivity contribution in [3.05, 3.63) is 40.8 Å². The van der Waals surface area contributed by atoms with Crippen LogP contribution in [-0.4, -0.2) is 44.2 Å². The summed E-state index contributed by atoms with van der Waals surface area (Å²) >= 11 is 0. The molecule has 0 saturated carbocycles. The van der Waals surface area contributed by atoms with Crippen LogP contribution in [0.15, 0.2) is 40.4 Å². The minimum Gasteiger partial charge on any atom is -0.444 e. The second-order valence-electron chi connectivity index (χ2n) is 7.37. The molecule has 1 aromatic rings. The van der Waals surface area contributed by atoms with Crippen LogP contribution in [0.5, 0.6) is 0 Å². The van der Waals surface area contributed by atoms with Crippen LogP contribution in [-0.2, 0) is 14.2 Å². The van der Waals surface area contributed by atoms with Gasteiger partial charge >= 0.3 is 6.18 Å². The number of nitrogens with zero attached hydrogens (tertiary/aromatic N) is 4. The molecule has 0 aromatic heterocycles. The average Bonchev–Trinajstić information content (AvgIpc) is 2.71. The minimum absolute atomic E-state index is 0.0479. The van der Waals surface area contributed by atoms with Gasteiger partial charge < -0.3 is 14.2 Å². The molecule has 0 amide bonds. The molecule has 0 bridgehead atoms. The zero-order chi connectivity index (χ0) is 22.1. The molecular formula is C20H27F3N4O3. The first-order valence-corrected chi connectivity index (χ1v) is 9.85. The molecule has 166 valence electrons. The van der Waals surface area contributed by atoms with Gasteiger partial charge in [0.15, 0.2) is 0 Å². The van der Waals surface area contributed by atoms with Crippen molar-refractivity contribution in [2.75, 3.05) is 19.8 Å². The molecule has 10 heteroatoms. The number of alkyl halides is 3. The van der Waals surface area contributed by atoms with Gasteiger partial charge in [0, 0.05) is 24.0 Å². The van der Waals surface area contributed by atoms with E-state index in [0.29, 0.717) is 19.6 Å². The second kappa shape index (κ2) is 11.2. The van der Waals surface area contributed by atoms with Crippen molar-refractivity contribution in [1.82, 2.24) is 0 Å². The van der Waals surface area contributed by atoms with Gasteiger partial charge in [-0.25, -0.2) is 4.99 Å². The molecule has 0 aliphatic carbocycles. The molecule has 1 heterocycles. The van der Waals surface area contributed by atoms with Gasteiger partial charge in [-0.3, -0.25) is 0 Å². The number of azide groups is 1. The van der Waals surface area contributed by atoms with Crippen molar-refractivity contribution in [3.63, 3.8) is 0 Å². The van der Waals surface area contributed by atoms with Crippen molar-refractivity contribution < 1.29 is 27.4 Å². The Balaban J connectivity index is 2.07. The van der Waals surface area contributed by atoms with Crippen LogP contribution in [0.4, 0.5) is 18.9 Å². The Morgan fingerprint density at radius 3 is 2.47 bits per heavy atom. The van der Waals surface area contributed by atoms with E-state index < -0.39 is 24.5 Å². The van der Waals surface area contributed by atoms with Crippen LogP contribution in [0.2, 0.25) is 0 Å². The normalized spacial score (nSPS) is 27.4. The van der Waals surface area contributed by atoms with Gasteiger partial charge in [-0.1, -0.05) is 44.1 Å². The number of para-hydroxylation sites is 1. The Morgan fingerprint density at radius 2 is 1.83 bits per heavy atom. The minimum atomic E-state index is -4.75. The molecule has 5 atom stereocenters. The van der Waals surface area contributed by atoms with E-state index in [1.807, 2.05) is 13.8 Å². The van der Waals surface area contributed by atoms with Crippen molar-refractivity contribution in [3.8, 4) is 0 Å². The summed E-state index contributed by atoms with van der Waals surface area (Å²) in [4.78, 5) is 6.32. The van der Waals surface area contributed by atoms with Crippen LogP contribution in [0.1, 0.15) is 27.2 Å². The number of hydrogen-bond acceptors (Lipinski definition) is 5. The Kier molecular flexibility index (Phi) is 8.95. The summed E-state index contributed by atoms with van der Waals surface area (Å²) in [6.45, 7) is 6.65. The number of halogens is 3. The first kappa shape index (κ1) is 24.0. The molecule has 0 N–H and O–H groups in total. The fraction of sp³-hybridized carbons (Fsp3) is 0.650. The van der Waals surface area contributed by atoms with Gasteiger partial charge in [0.1, 0.15) is 0 Å². The standard InChI is InChI=1S/C20H27F3N4O3/c1-13-14(2)17(12-28-11-7-10-25-27-24)29-18(15(13)3)30-19(20(21,22)23)26-16-8-5-4-6-9-16/h4-6,8-9,13-15,17-18H,7,10-12H2,1-3H3/t13-,14+,15?,17?,18-/m0/s1. The Labute approximate surface area is 173 Å². The predicted octanol–water partition coefficient (Wildman–Crippen LogP) is 5.65. The summed E-state index contributed by atoms with van der Waals surface area (Å²) in [7, 11) is 0. The lowest BCUT2D eigenvalue weighted by Gasteiger charge is -2.43. The smallest absolute Gasteiger partial charge is 0.444 e. The average molecular weight is 428 g/mol. The lowest BCUT2D eigenvalue weighted by atomic mass is 9.79. The first-order valence-electron chi connectivity index (χ1n) is 9.85. The lowest BCUT2D eigenvalue weighted by molar-refractivity contribution is -0.237. The second-order valence-corrected chi connectivity index (χ2v) is 7.37. The first-order chi connectivity index (χ1) is 14.2. The molecular weight excluding hydrogens is 401 g/mol. The van der Waals surface area contributed by atoms with Crippen molar-refractivity contribution in [2.45, 2.75) is 45.8 Å². The van der Waals surface area contributed by atoms with Crippen LogP contribution < -0.4 is 0 Å². The predicted molar refractivity (Wildman–Crippen MR) is 106 cm³/mol. The van der Waals surface area contributed by atoms with Gasteiger partial charge in [0.05, 0.1) is 18.4 Å². The molecule has 1 aliphatic heterocycles. The number of aliphatic imine (C=N–C) groups is 1. The van der Waals surface area contributed by atoms with E-state index in [1.165, 1.54) is 12.1 Å². The van der Waals surface area contributed by atoms with Crippen LogP contribution in [0.25, 0.3) is 10.4 Å². The van der Waals surface area contributed by atoms with Crippen molar-refractivity contribution >= 4 is 11.6 Å². The lowest BCUT2D eigenvalue weighted by Crippen LogP contribution is -2.49. The molecule has 1 saturated heterocycles. The third-order valence-corrected chi connectivity index (χ3v) is 5.33. The fourth-order valence-corrected chi connectivity index (χ4v) is 3.18. The number of rotatable bonds is 8. The third-order valence-electron chi connectivity index (χ3n) is 5.33. The summed E-state index contributed by atoms with van der Waals surface area (Å²) in [6.07, 6.45) is -5.72. The van der Waals surface area contributed by atoms with Crippen LogP contribution >= 0.6 is 0 Å². The quantitative estimate of drug-likeness (QED) is 0.134. The Hall–Kier alpha value is -2.29. The van der Waals surface area contributed by atoms with E-state index in [9.17, 15) is 13.2 Å². The maximum atomic E-state index is 13.5. The van der Waals surface area contributed by atoms with E-state index in [4.69, 9.17) is 19.7 Å². The molecule has 2 unspecified atom stereocenters. The highest BCUT2D eigenvalue weighted by molar-refractivity contribution is 5.84. The molecule has 1 aromatic carbocycles. The van der Waals surface area contributed by atoms with Gasteiger partial charge in [-0.2, -0.15) is 13.2 Å². The monoisotopic (exact) mass is 428 g/mol. The topological polar surface area (TPSA) is 88.8 Å². The van der Waals surface area contributed by atoms with Gasteiger partial charge in [0.25, 0.3) is 5.90 Å². The highest BCUT2D eigenvalue weighted by Crippen LogP contribution is 2.37. The molecule has 1 fully saturated rings. The summed E-state index contributed by atoms with van der Waals surface area (Å²) in [5.74, 6) is -1.49. The molecule has 7 nitrogen and oxygen atoms in total. The van der Waals surface area contributed by atoms with E-state index in [0.717, 1.165) is 0 Å². The maximum Gasteiger partial charge on any atom is 0.468 e. The van der Waals surface area contributed by atoms with Gasteiger partial charge in [-0.05, 0) is 35.9 Å². The highest BCUT2D eigenvalue weighted by atomic mass is 19.4. The van der Waals surface area contributed by atoms with Crippen LogP contribution in [0.3, 0.4) is 0 Å². The largest absolute Gasteiger partial charge is 0.468 e. The Bertz CT molecular complexity index is 739. The Morgan fingerprint density at radius 1 is 1.13 bits per heavy atom. The summed E-state index contributed by atoms with van der Waals surface area (Å²) in [5, 5.41) is 3.42. The summed E-state index contributed by atoms with van der Waals surface area (Å²) in [5.41, 5.74) is 8.41. The SMILES string of the molecule is CC1[C@H](OC(=Nc2ccccc2)C(F)(F)F)OC(COCCCN=[N+]=[N-])[C@H](C)[C@@H]1C. The highest BCUT2D eigenvalue weighted by Gasteiger charge is 2.45. The number of ether oxygens (including phenoxy) is 3. The van der Waals surface area contributed by atoms with Gasteiger partial charge in [0.2, 0.25) is 6.29 Å². The van der Waals surface area contributed by atoms with E-state index in [1.54, 1.807) is 25.1 Å².